The Morgan fingerprint density at radius 1 is 1.00 bits per heavy atom. The molecule has 0 radical (unpaired) electrons. The third-order valence-electron chi connectivity index (χ3n) is 3.20. The molecule has 0 heterocycles. The fraction of sp³-hybridized carbons (Fsp3) is 0.409. The lowest BCUT2D eigenvalue weighted by atomic mass is 10.1. The summed E-state index contributed by atoms with van der Waals surface area (Å²) in [5.74, 6) is 0.633. The molecule has 152 valence electrons. The van der Waals surface area contributed by atoms with Gasteiger partial charge >= 0.3 is 11.9 Å². The Kier molecular flexibility index (Phi) is 6.56. The van der Waals surface area contributed by atoms with Crippen LogP contribution in [0.4, 0.5) is 0 Å². The first-order valence-electron chi connectivity index (χ1n) is 9.03. The largest absolute Gasteiger partial charge is 0.481 e. The van der Waals surface area contributed by atoms with E-state index in [9.17, 15) is 4.79 Å². The maximum Gasteiger partial charge on any atom is 0.344 e. The van der Waals surface area contributed by atoms with Crippen LogP contribution in [0.2, 0.25) is 0 Å². The highest BCUT2D eigenvalue weighted by Gasteiger charge is 2.17. The first-order valence-corrected chi connectivity index (χ1v) is 9.03. The van der Waals surface area contributed by atoms with E-state index in [1.54, 1.807) is 18.2 Å². The van der Waals surface area contributed by atoms with Gasteiger partial charge in [0.1, 0.15) is 22.7 Å². The molecule has 0 aliphatic heterocycles. The lowest BCUT2D eigenvalue weighted by Gasteiger charge is -2.20. The van der Waals surface area contributed by atoms with E-state index in [0.29, 0.717) is 11.5 Å². The van der Waals surface area contributed by atoms with Crippen molar-refractivity contribution in [2.45, 2.75) is 52.7 Å². The fourth-order valence-electron chi connectivity index (χ4n) is 2.24. The van der Waals surface area contributed by atoms with Crippen LogP contribution in [0, 0.1) is 0 Å². The van der Waals surface area contributed by atoms with Crippen molar-refractivity contribution in [3.8, 4) is 11.5 Å². The van der Waals surface area contributed by atoms with E-state index in [4.69, 9.17) is 24.0 Å². The van der Waals surface area contributed by atoms with Crippen LogP contribution < -0.4 is 9.47 Å². The van der Waals surface area contributed by atoms with Crippen molar-refractivity contribution in [1.29, 1.82) is 0 Å². The Bertz CT molecular complexity index is 842. The zero-order valence-corrected chi connectivity index (χ0v) is 17.3. The number of benzene rings is 2. The van der Waals surface area contributed by atoms with E-state index in [0.717, 1.165) is 10.8 Å². The minimum atomic E-state index is -0.560. The monoisotopic (exact) mass is 388 g/mol. The zero-order chi connectivity index (χ0) is 20.9. The smallest absolute Gasteiger partial charge is 0.344 e. The molecule has 0 N–H and O–H groups in total. The summed E-state index contributed by atoms with van der Waals surface area (Å²) >= 11 is 0. The molecule has 0 saturated heterocycles. The minimum Gasteiger partial charge on any atom is -0.481 e. The number of esters is 1. The van der Waals surface area contributed by atoms with Gasteiger partial charge < -0.3 is 14.2 Å². The maximum absolute atomic E-state index is 11.9. The molecular formula is C22H28O6. The fourth-order valence-corrected chi connectivity index (χ4v) is 2.24. The molecular weight excluding hydrogens is 360 g/mol. The van der Waals surface area contributed by atoms with Gasteiger partial charge in [-0.1, -0.05) is 18.2 Å². The SMILES string of the molecule is C=C(OOC(C)(C)C)Oc1ccc2cccc(OCC(=O)OC(C)(C)C)c2c1. The van der Waals surface area contributed by atoms with Crippen molar-refractivity contribution in [2.75, 3.05) is 6.61 Å². The molecule has 6 nitrogen and oxygen atoms in total. The molecule has 0 bridgehead atoms. The van der Waals surface area contributed by atoms with Crippen LogP contribution in [0.1, 0.15) is 41.5 Å². The van der Waals surface area contributed by atoms with Crippen LogP contribution >= 0.6 is 0 Å². The van der Waals surface area contributed by atoms with Gasteiger partial charge in [-0.25, -0.2) is 4.79 Å². The summed E-state index contributed by atoms with van der Waals surface area (Å²) in [6.07, 6.45) is 0. The molecule has 0 aliphatic carbocycles. The average molecular weight is 388 g/mol. The predicted molar refractivity (Wildman–Crippen MR) is 107 cm³/mol. The zero-order valence-electron chi connectivity index (χ0n) is 17.3. The Morgan fingerprint density at radius 2 is 1.71 bits per heavy atom. The first-order chi connectivity index (χ1) is 12.9. The highest BCUT2D eigenvalue weighted by molar-refractivity contribution is 5.89. The second-order valence-corrected chi connectivity index (χ2v) is 8.27. The molecule has 0 saturated carbocycles. The summed E-state index contributed by atoms with van der Waals surface area (Å²) in [5.41, 5.74) is -1.05. The van der Waals surface area contributed by atoms with Gasteiger partial charge in [0.05, 0.1) is 0 Å². The van der Waals surface area contributed by atoms with Crippen molar-refractivity contribution < 1.29 is 28.8 Å². The minimum absolute atomic E-state index is 0.0152. The summed E-state index contributed by atoms with van der Waals surface area (Å²) in [7, 11) is 0. The van der Waals surface area contributed by atoms with Crippen LogP contribution in [0.5, 0.6) is 11.5 Å². The Morgan fingerprint density at radius 3 is 2.36 bits per heavy atom. The third kappa shape index (κ3) is 7.12. The summed E-state index contributed by atoms with van der Waals surface area (Å²) in [5, 5.41) is 1.72. The van der Waals surface area contributed by atoms with Gasteiger partial charge in [-0.2, -0.15) is 4.89 Å². The molecule has 0 fully saturated rings. The van der Waals surface area contributed by atoms with E-state index < -0.39 is 17.2 Å². The quantitative estimate of drug-likeness (QED) is 0.283. The molecule has 0 aromatic heterocycles. The van der Waals surface area contributed by atoms with E-state index >= 15 is 0 Å². The molecule has 0 amide bonds. The van der Waals surface area contributed by atoms with Crippen molar-refractivity contribution in [2.24, 2.45) is 0 Å². The number of hydrogen-bond donors (Lipinski definition) is 0. The van der Waals surface area contributed by atoms with Crippen LogP contribution in [0.15, 0.2) is 48.9 Å². The van der Waals surface area contributed by atoms with Crippen molar-refractivity contribution >= 4 is 16.7 Å². The molecule has 0 spiro atoms. The second kappa shape index (κ2) is 8.52. The van der Waals surface area contributed by atoms with Gasteiger partial charge in [-0.05, 0) is 71.7 Å². The molecule has 0 atom stereocenters. The highest BCUT2D eigenvalue weighted by Crippen LogP contribution is 2.30. The van der Waals surface area contributed by atoms with Gasteiger partial charge in [0.25, 0.3) is 0 Å². The van der Waals surface area contributed by atoms with Gasteiger partial charge in [0.2, 0.25) is 0 Å². The average Bonchev–Trinajstić information content (AvgIpc) is 2.56. The number of hydrogen-bond acceptors (Lipinski definition) is 6. The van der Waals surface area contributed by atoms with E-state index in [2.05, 4.69) is 6.58 Å². The van der Waals surface area contributed by atoms with Crippen LogP contribution in [0.3, 0.4) is 0 Å². The number of rotatable bonds is 7. The standard InChI is InChI=1S/C22H28O6/c1-15(27-28-22(5,6)7)25-17-12-11-16-9-8-10-19(18(16)13-17)24-14-20(23)26-21(2,3)4/h8-13H,1,14H2,2-7H3. The van der Waals surface area contributed by atoms with Gasteiger partial charge in [0, 0.05) is 5.39 Å². The summed E-state index contributed by atoms with van der Waals surface area (Å²) in [6, 6.07) is 11.0. The van der Waals surface area contributed by atoms with E-state index in [1.807, 2.05) is 59.7 Å². The van der Waals surface area contributed by atoms with E-state index in [-0.39, 0.29) is 12.6 Å². The van der Waals surface area contributed by atoms with Crippen LogP contribution in [-0.4, -0.2) is 23.8 Å². The summed E-state index contributed by atoms with van der Waals surface area (Å²) in [4.78, 5) is 22.2. The highest BCUT2D eigenvalue weighted by atomic mass is 17.2. The van der Waals surface area contributed by atoms with Crippen molar-refractivity contribution in [3.63, 3.8) is 0 Å². The lowest BCUT2D eigenvalue weighted by molar-refractivity contribution is -0.337. The molecule has 2 aromatic rings. The first kappa shape index (κ1) is 21.6. The van der Waals surface area contributed by atoms with Gasteiger partial charge in [-0.15, -0.1) is 0 Å². The molecule has 2 rings (SSSR count). The van der Waals surface area contributed by atoms with Crippen molar-refractivity contribution in [1.82, 2.24) is 0 Å². The lowest BCUT2D eigenvalue weighted by Crippen LogP contribution is -2.27. The molecule has 6 heteroatoms. The van der Waals surface area contributed by atoms with Gasteiger partial charge in [-0.3, -0.25) is 4.89 Å². The summed E-state index contributed by atoms with van der Waals surface area (Å²) in [6.45, 7) is 14.5. The number of fused-ring (bicyclic) bond motifs is 1. The predicted octanol–water partition coefficient (Wildman–Crippen LogP) is 5.16. The normalized spacial score (nSPS) is 11.8. The Balaban J connectivity index is 2.10. The maximum atomic E-state index is 11.9. The van der Waals surface area contributed by atoms with Crippen molar-refractivity contribution in [3.05, 3.63) is 48.9 Å². The summed E-state index contributed by atoms with van der Waals surface area (Å²) < 4.78 is 16.5. The molecule has 0 aliphatic rings. The third-order valence-corrected chi connectivity index (χ3v) is 3.20. The number of carbonyl (C=O) groups is 1. The number of ether oxygens (including phenoxy) is 3. The van der Waals surface area contributed by atoms with E-state index in [1.165, 1.54) is 0 Å². The molecule has 0 unspecified atom stereocenters. The number of carbonyl (C=O) groups excluding carboxylic acids is 1. The molecule has 28 heavy (non-hydrogen) atoms. The van der Waals surface area contributed by atoms with Crippen LogP contribution in [-0.2, 0) is 19.3 Å². The second-order valence-electron chi connectivity index (χ2n) is 8.27. The topological polar surface area (TPSA) is 63.2 Å². The van der Waals surface area contributed by atoms with Crippen LogP contribution in [0.25, 0.3) is 10.8 Å². The van der Waals surface area contributed by atoms with Gasteiger partial charge in [0.15, 0.2) is 6.61 Å². The molecule has 2 aromatic carbocycles. The Labute approximate surface area is 165 Å². The Hall–Kier alpha value is -2.73.